The number of rotatable bonds is 3. The Kier molecular flexibility index (Phi) is 4.42. The number of nitrogens with zero attached hydrogens (tertiary/aromatic N) is 1. The van der Waals surface area contributed by atoms with Gasteiger partial charge in [-0.2, -0.15) is 0 Å². The Morgan fingerprint density at radius 1 is 1.38 bits per heavy atom. The van der Waals surface area contributed by atoms with Crippen molar-refractivity contribution in [3.63, 3.8) is 0 Å². The second-order valence-electron chi connectivity index (χ2n) is 6.93. The molecule has 2 unspecified atom stereocenters. The Morgan fingerprint density at radius 2 is 2.00 bits per heavy atom. The lowest BCUT2D eigenvalue weighted by atomic mass is 9.89. The highest BCUT2D eigenvalue weighted by atomic mass is 15.2. The summed E-state index contributed by atoms with van der Waals surface area (Å²) in [7, 11) is 0. The number of hydrogen-bond donors (Lipinski definition) is 1. The molecule has 2 nitrogen and oxygen atoms in total. The minimum absolute atomic E-state index is 0.324. The maximum Gasteiger partial charge on any atom is 0.0278 e. The average molecular weight is 226 g/mol. The van der Waals surface area contributed by atoms with Gasteiger partial charge in [-0.25, -0.2) is 0 Å². The maximum atomic E-state index is 3.68. The number of nitrogens with one attached hydrogen (secondary N) is 1. The fourth-order valence-electron chi connectivity index (χ4n) is 2.20. The van der Waals surface area contributed by atoms with E-state index in [1.807, 2.05) is 0 Å². The topological polar surface area (TPSA) is 15.3 Å². The highest BCUT2D eigenvalue weighted by Crippen LogP contribution is 2.23. The van der Waals surface area contributed by atoms with E-state index >= 15 is 0 Å². The van der Waals surface area contributed by atoms with Gasteiger partial charge in [0.15, 0.2) is 0 Å². The summed E-state index contributed by atoms with van der Waals surface area (Å²) in [5.74, 6) is 0. The minimum Gasteiger partial charge on any atom is -0.309 e. The van der Waals surface area contributed by atoms with E-state index in [0.717, 1.165) is 6.54 Å². The normalized spacial score (nSPS) is 33.0. The molecule has 1 rings (SSSR count). The summed E-state index contributed by atoms with van der Waals surface area (Å²) in [6.45, 7) is 17.5. The van der Waals surface area contributed by atoms with Gasteiger partial charge in [0, 0.05) is 24.7 Å². The highest BCUT2D eigenvalue weighted by molar-refractivity contribution is 4.93. The van der Waals surface area contributed by atoms with E-state index in [4.69, 9.17) is 0 Å². The first-order chi connectivity index (χ1) is 7.26. The molecule has 2 heteroatoms. The third-order valence-electron chi connectivity index (χ3n) is 3.93. The zero-order valence-corrected chi connectivity index (χ0v) is 12.1. The van der Waals surface area contributed by atoms with Crippen molar-refractivity contribution in [2.45, 2.75) is 66.0 Å². The van der Waals surface area contributed by atoms with Crippen LogP contribution in [0, 0.1) is 5.41 Å². The Morgan fingerprint density at radius 3 is 2.50 bits per heavy atom. The van der Waals surface area contributed by atoms with E-state index < -0.39 is 0 Å². The summed E-state index contributed by atoms with van der Waals surface area (Å²) in [6.07, 6.45) is 2.50. The van der Waals surface area contributed by atoms with Crippen molar-refractivity contribution in [1.82, 2.24) is 10.2 Å². The van der Waals surface area contributed by atoms with Crippen molar-refractivity contribution in [2.75, 3.05) is 19.6 Å². The molecule has 0 amide bonds. The molecule has 0 radical (unpaired) electrons. The van der Waals surface area contributed by atoms with Crippen LogP contribution in [0.2, 0.25) is 0 Å². The SMILES string of the molecule is CCC1(C)CN(CCC(C)(C)C)C(C)CN1. The van der Waals surface area contributed by atoms with Gasteiger partial charge in [0.2, 0.25) is 0 Å². The predicted octanol–water partition coefficient (Wildman–Crippen LogP) is 2.89. The van der Waals surface area contributed by atoms with Crippen LogP contribution in [0.4, 0.5) is 0 Å². The summed E-state index contributed by atoms with van der Waals surface area (Å²) in [5, 5.41) is 3.68. The van der Waals surface area contributed by atoms with Crippen LogP contribution < -0.4 is 5.32 Å². The van der Waals surface area contributed by atoms with Gasteiger partial charge in [0.05, 0.1) is 0 Å². The summed E-state index contributed by atoms with van der Waals surface area (Å²) < 4.78 is 0. The van der Waals surface area contributed by atoms with Gasteiger partial charge < -0.3 is 5.32 Å². The average Bonchev–Trinajstić information content (AvgIpc) is 2.19. The van der Waals surface area contributed by atoms with Gasteiger partial charge in [0.1, 0.15) is 0 Å². The van der Waals surface area contributed by atoms with E-state index in [9.17, 15) is 0 Å². The van der Waals surface area contributed by atoms with Crippen molar-refractivity contribution in [3.8, 4) is 0 Å². The Bertz CT molecular complexity index is 219. The van der Waals surface area contributed by atoms with E-state index in [1.165, 1.54) is 25.9 Å². The van der Waals surface area contributed by atoms with E-state index in [-0.39, 0.29) is 0 Å². The standard InChI is InChI=1S/C14H30N2/c1-7-14(6)11-16(12(2)10-15-14)9-8-13(3,4)5/h12,15H,7-11H2,1-6H3. The van der Waals surface area contributed by atoms with Crippen molar-refractivity contribution in [1.29, 1.82) is 0 Å². The Hall–Kier alpha value is -0.0800. The zero-order chi connectivity index (χ0) is 12.4. The van der Waals surface area contributed by atoms with Gasteiger partial charge in [-0.05, 0) is 38.6 Å². The van der Waals surface area contributed by atoms with Crippen LogP contribution in [0.25, 0.3) is 0 Å². The Balaban J connectivity index is 2.50. The summed E-state index contributed by atoms with van der Waals surface area (Å²) in [5.41, 5.74) is 0.775. The summed E-state index contributed by atoms with van der Waals surface area (Å²) in [6, 6.07) is 0.682. The number of piperazine rings is 1. The number of hydrogen-bond acceptors (Lipinski definition) is 2. The van der Waals surface area contributed by atoms with E-state index in [2.05, 4.69) is 51.8 Å². The second kappa shape index (κ2) is 5.05. The zero-order valence-electron chi connectivity index (χ0n) is 12.1. The molecule has 2 atom stereocenters. The molecule has 96 valence electrons. The molecule has 0 bridgehead atoms. The van der Waals surface area contributed by atoms with Crippen LogP contribution in [0.1, 0.15) is 54.4 Å². The smallest absolute Gasteiger partial charge is 0.0278 e. The molecule has 1 fully saturated rings. The largest absolute Gasteiger partial charge is 0.309 e. The summed E-state index contributed by atoms with van der Waals surface area (Å²) in [4.78, 5) is 2.66. The molecule has 0 aliphatic carbocycles. The monoisotopic (exact) mass is 226 g/mol. The first-order valence-electron chi connectivity index (χ1n) is 6.75. The van der Waals surface area contributed by atoms with Gasteiger partial charge in [-0.1, -0.05) is 27.7 Å². The molecule has 1 heterocycles. The van der Waals surface area contributed by atoms with E-state index in [1.54, 1.807) is 0 Å². The molecule has 0 aromatic carbocycles. The molecule has 0 aromatic rings. The van der Waals surface area contributed by atoms with Crippen LogP contribution >= 0.6 is 0 Å². The van der Waals surface area contributed by atoms with Crippen molar-refractivity contribution in [3.05, 3.63) is 0 Å². The Labute approximate surface area is 102 Å². The molecule has 0 aromatic heterocycles. The fraction of sp³-hybridized carbons (Fsp3) is 1.00. The molecule has 1 aliphatic heterocycles. The lowest BCUT2D eigenvalue weighted by Crippen LogP contribution is -2.62. The van der Waals surface area contributed by atoms with Crippen LogP contribution in [-0.2, 0) is 0 Å². The predicted molar refractivity (Wildman–Crippen MR) is 71.8 cm³/mol. The van der Waals surface area contributed by atoms with Gasteiger partial charge in [-0.15, -0.1) is 0 Å². The van der Waals surface area contributed by atoms with Crippen LogP contribution in [-0.4, -0.2) is 36.1 Å². The molecule has 0 spiro atoms. The first-order valence-corrected chi connectivity index (χ1v) is 6.75. The highest BCUT2D eigenvalue weighted by Gasteiger charge is 2.32. The molecular formula is C14H30N2. The van der Waals surface area contributed by atoms with E-state index in [0.29, 0.717) is 17.0 Å². The second-order valence-corrected chi connectivity index (χ2v) is 6.93. The van der Waals surface area contributed by atoms with Gasteiger partial charge in [0.25, 0.3) is 0 Å². The van der Waals surface area contributed by atoms with Crippen molar-refractivity contribution in [2.24, 2.45) is 5.41 Å². The van der Waals surface area contributed by atoms with Gasteiger partial charge >= 0.3 is 0 Å². The molecule has 1 N–H and O–H groups in total. The first kappa shape index (κ1) is 14.0. The fourth-order valence-corrected chi connectivity index (χ4v) is 2.20. The molecule has 1 saturated heterocycles. The maximum absolute atomic E-state index is 3.68. The van der Waals surface area contributed by atoms with Crippen LogP contribution in [0.5, 0.6) is 0 Å². The lowest BCUT2D eigenvalue weighted by molar-refractivity contribution is 0.0824. The lowest BCUT2D eigenvalue weighted by Gasteiger charge is -2.45. The van der Waals surface area contributed by atoms with Gasteiger partial charge in [-0.3, -0.25) is 4.90 Å². The molecule has 1 aliphatic rings. The molecule has 16 heavy (non-hydrogen) atoms. The van der Waals surface area contributed by atoms with Crippen LogP contribution in [0.3, 0.4) is 0 Å². The molecule has 0 saturated carbocycles. The van der Waals surface area contributed by atoms with Crippen LogP contribution in [0.15, 0.2) is 0 Å². The quantitative estimate of drug-likeness (QED) is 0.796. The minimum atomic E-state index is 0.324. The third kappa shape index (κ3) is 4.06. The van der Waals surface area contributed by atoms with Crippen molar-refractivity contribution < 1.29 is 0 Å². The molecular weight excluding hydrogens is 196 g/mol. The summed E-state index contributed by atoms with van der Waals surface area (Å²) >= 11 is 0. The third-order valence-corrected chi connectivity index (χ3v) is 3.93. The van der Waals surface area contributed by atoms with Crippen molar-refractivity contribution >= 4 is 0 Å².